The van der Waals surface area contributed by atoms with E-state index in [9.17, 15) is 14.7 Å². The first kappa shape index (κ1) is 20.7. The second kappa shape index (κ2) is 9.22. The Morgan fingerprint density at radius 2 is 1.96 bits per heavy atom. The molecule has 24 heavy (non-hydrogen) atoms. The lowest BCUT2D eigenvalue weighted by molar-refractivity contribution is -0.129. The number of aliphatic hydroxyl groups excluding tert-OH is 1. The van der Waals surface area contributed by atoms with Crippen LogP contribution in [0.15, 0.2) is 0 Å². The molecule has 0 aromatic heterocycles. The molecule has 1 unspecified atom stereocenters. The molecule has 0 bridgehead atoms. The van der Waals surface area contributed by atoms with Crippen molar-refractivity contribution in [1.29, 1.82) is 0 Å². The highest BCUT2D eigenvalue weighted by molar-refractivity contribution is 5.85. The van der Waals surface area contributed by atoms with Gasteiger partial charge in [-0.3, -0.25) is 10.2 Å². The maximum Gasteiger partial charge on any atom is 0.408 e. The molecule has 0 aliphatic carbocycles. The van der Waals surface area contributed by atoms with Crippen molar-refractivity contribution in [1.82, 2.24) is 15.8 Å². The Labute approximate surface area is 145 Å². The third-order valence-electron chi connectivity index (χ3n) is 3.63. The van der Waals surface area contributed by atoms with Gasteiger partial charge < -0.3 is 15.2 Å². The number of nitrogens with one attached hydrogen (secondary N) is 2. The molecular weight excluding hydrogens is 310 g/mol. The van der Waals surface area contributed by atoms with E-state index in [1.807, 2.05) is 13.8 Å². The van der Waals surface area contributed by atoms with Crippen LogP contribution in [0.4, 0.5) is 4.79 Å². The minimum atomic E-state index is -0.666. The molecule has 1 aliphatic heterocycles. The summed E-state index contributed by atoms with van der Waals surface area (Å²) in [6, 6.07) is -0.666. The van der Waals surface area contributed by atoms with Gasteiger partial charge in [-0.15, -0.1) is 0 Å². The first-order valence-corrected chi connectivity index (χ1v) is 8.80. The maximum absolute atomic E-state index is 12.6. The number of amides is 2. The van der Waals surface area contributed by atoms with Crippen molar-refractivity contribution in [2.24, 2.45) is 5.92 Å². The minimum Gasteiger partial charge on any atom is -0.444 e. The third kappa shape index (κ3) is 8.49. The number of ether oxygens (including phenoxy) is 1. The SMILES string of the molecule is CC(C)CC(NC(=O)OC(C)(C)C)C(=O)NN1CCCC[C@H](O)C1. The van der Waals surface area contributed by atoms with Crippen LogP contribution in [0, 0.1) is 5.92 Å². The quantitative estimate of drug-likeness (QED) is 0.708. The van der Waals surface area contributed by atoms with E-state index in [4.69, 9.17) is 4.74 Å². The van der Waals surface area contributed by atoms with Crippen LogP contribution in [0.5, 0.6) is 0 Å². The molecule has 2 atom stereocenters. The average Bonchev–Trinajstić information content (AvgIpc) is 2.59. The number of rotatable bonds is 5. The van der Waals surface area contributed by atoms with Crippen molar-refractivity contribution < 1.29 is 19.4 Å². The number of carbonyl (C=O) groups is 2. The number of alkyl carbamates (subject to hydrolysis) is 1. The van der Waals surface area contributed by atoms with E-state index in [-0.39, 0.29) is 11.8 Å². The lowest BCUT2D eigenvalue weighted by Gasteiger charge is -2.28. The highest BCUT2D eigenvalue weighted by Crippen LogP contribution is 2.11. The summed E-state index contributed by atoms with van der Waals surface area (Å²) in [6.45, 7) is 10.4. The Hall–Kier alpha value is -1.34. The Kier molecular flexibility index (Phi) is 7.96. The zero-order chi connectivity index (χ0) is 18.3. The molecule has 1 aliphatic rings. The molecule has 7 heteroatoms. The highest BCUT2D eigenvalue weighted by atomic mass is 16.6. The molecule has 1 heterocycles. The Morgan fingerprint density at radius 3 is 2.54 bits per heavy atom. The predicted octanol–water partition coefficient (Wildman–Crippen LogP) is 1.80. The fourth-order valence-electron chi connectivity index (χ4n) is 2.61. The Morgan fingerprint density at radius 1 is 1.29 bits per heavy atom. The van der Waals surface area contributed by atoms with Crippen LogP contribution in [-0.2, 0) is 9.53 Å². The Bertz CT molecular complexity index is 421. The van der Waals surface area contributed by atoms with E-state index in [0.717, 1.165) is 19.3 Å². The summed E-state index contributed by atoms with van der Waals surface area (Å²) in [7, 11) is 0. The van der Waals surface area contributed by atoms with Gasteiger partial charge in [0.15, 0.2) is 0 Å². The standard InChI is InChI=1S/C17H33N3O4/c1-12(2)10-14(18-16(23)24-17(3,4)5)15(22)19-20-9-7-6-8-13(21)11-20/h12-14,21H,6-11H2,1-5H3,(H,18,23)(H,19,22)/t13-,14?/m0/s1. The lowest BCUT2D eigenvalue weighted by atomic mass is 10.0. The summed E-state index contributed by atoms with van der Waals surface area (Å²) in [4.78, 5) is 24.5. The van der Waals surface area contributed by atoms with Gasteiger partial charge in [0.2, 0.25) is 0 Å². The molecule has 0 aromatic carbocycles. The molecule has 1 fully saturated rings. The molecule has 0 spiro atoms. The summed E-state index contributed by atoms with van der Waals surface area (Å²) in [5, 5.41) is 14.2. The summed E-state index contributed by atoms with van der Waals surface area (Å²) in [6.07, 6.45) is 2.10. The summed E-state index contributed by atoms with van der Waals surface area (Å²) in [5.74, 6) is -0.0333. The van der Waals surface area contributed by atoms with Crippen molar-refractivity contribution in [3.05, 3.63) is 0 Å². The normalized spacial score (nSPS) is 21.0. The lowest BCUT2D eigenvalue weighted by Crippen LogP contribution is -2.54. The highest BCUT2D eigenvalue weighted by Gasteiger charge is 2.27. The number of hydrogen-bond donors (Lipinski definition) is 3. The number of carbonyl (C=O) groups excluding carboxylic acids is 2. The van der Waals surface area contributed by atoms with Gasteiger partial charge in [0.25, 0.3) is 5.91 Å². The van der Waals surface area contributed by atoms with Crippen molar-refractivity contribution >= 4 is 12.0 Å². The summed E-state index contributed by atoms with van der Waals surface area (Å²) in [5.41, 5.74) is 2.21. The van der Waals surface area contributed by atoms with Gasteiger partial charge >= 0.3 is 6.09 Å². The zero-order valence-corrected chi connectivity index (χ0v) is 15.6. The predicted molar refractivity (Wildman–Crippen MR) is 92.2 cm³/mol. The van der Waals surface area contributed by atoms with E-state index < -0.39 is 23.8 Å². The van der Waals surface area contributed by atoms with Gasteiger partial charge in [0.1, 0.15) is 11.6 Å². The van der Waals surface area contributed by atoms with E-state index in [1.54, 1.807) is 25.8 Å². The molecule has 1 rings (SSSR count). The third-order valence-corrected chi connectivity index (χ3v) is 3.63. The zero-order valence-electron chi connectivity index (χ0n) is 15.6. The first-order chi connectivity index (χ1) is 11.1. The van der Waals surface area contributed by atoms with E-state index in [1.165, 1.54) is 0 Å². The van der Waals surface area contributed by atoms with Gasteiger partial charge in [0, 0.05) is 13.1 Å². The Balaban J connectivity index is 2.65. The summed E-state index contributed by atoms with van der Waals surface area (Å²) >= 11 is 0. The molecule has 0 radical (unpaired) electrons. The number of hydrogen-bond acceptors (Lipinski definition) is 5. The van der Waals surface area contributed by atoms with Crippen LogP contribution in [0.3, 0.4) is 0 Å². The van der Waals surface area contributed by atoms with Crippen LogP contribution >= 0.6 is 0 Å². The second-order valence-electron chi connectivity index (χ2n) is 7.90. The molecule has 0 saturated carbocycles. The van der Waals surface area contributed by atoms with Crippen LogP contribution in [0.1, 0.15) is 60.3 Å². The topological polar surface area (TPSA) is 90.9 Å². The van der Waals surface area contributed by atoms with Crippen LogP contribution in [0.2, 0.25) is 0 Å². The van der Waals surface area contributed by atoms with Crippen LogP contribution in [0.25, 0.3) is 0 Å². The van der Waals surface area contributed by atoms with Crippen molar-refractivity contribution in [2.45, 2.75) is 78.0 Å². The molecule has 1 saturated heterocycles. The van der Waals surface area contributed by atoms with E-state index >= 15 is 0 Å². The van der Waals surface area contributed by atoms with Gasteiger partial charge in [-0.2, -0.15) is 0 Å². The monoisotopic (exact) mass is 343 g/mol. The molecular formula is C17H33N3O4. The average molecular weight is 343 g/mol. The summed E-state index contributed by atoms with van der Waals surface area (Å²) < 4.78 is 5.24. The molecule has 7 nitrogen and oxygen atoms in total. The van der Waals surface area contributed by atoms with Crippen molar-refractivity contribution in [3.63, 3.8) is 0 Å². The fraction of sp³-hybridized carbons (Fsp3) is 0.882. The van der Waals surface area contributed by atoms with Gasteiger partial charge in [-0.05, 0) is 52.4 Å². The van der Waals surface area contributed by atoms with Crippen LogP contribution in [-0.4, -0.2) is 53.0 Å². The van der Waals surface area contributed by atoms with Gasteiger partial charge in [-0.1, -0.05) is 13.8 Å². The number of β-amino-alcohol motifs (C(OH)–C–C–N with tert-alkyl or cyclic N) is 1. The van der Waals surface area contributed by atoms with Crippen LogP contribution < -0.4 is 10.7 Å². The van der Waals surface area contributed by atoms with E-state index in [2.05, 4.69) is 10.7 Å². The number of aliphatic hydroxyl groups is 1. The van der Waals surface area contributed by atoms with Gasteiger partial charge in [-0.25, -0.2) is 9.80 Å². The number of nitrogens with zero attached hydrogens (tertiary/aromatic N) is 1. The van der Waals surface area contributed by atoms with Crippen molar-refractivity contribution in [2.75, 3.05) is 13.1 Å². The number of hydrazine groups is 1. The molecule has 0 aromatic rings. The first-order valence-electron chi connectivity index (χ1n) is 8.80. The van der Waals surface area contributed by atoms with E-state index in [0.29, 0.717) is 19.5 Å². The smallest absolute Gasteiger partial charge is 0.408 e. The van der Waals surface area contributed by atoms with Gasteiger partial charge in [0.05, 0.1) is 6.10 Å². The van der Waals surface area contributed by atoms with Crippen molar-refractivity contribution in [3.8, 4) is 0 Å². The second-order valence-corrected chi connectivity index (χ2v) is 7.90. The largest absolute Gasteiger partial charge is 0.444 e. The minimum absolute atomic E-state index is 0.241. The molecule has 2 amide bonds. The fourth-order valence-corrected chi connectivity index (χ4v) is 2.61. The maximum atomic E-state index is 12.6. The molecule has 140 valence electrons. The molecule has 3 N–H and O–H groups in total.